The van der Waals surface area contributed by atoms with Crippen molar-refractivity contribution in [3.63, 3.8) is 0 Å². The molecule has 2 nitrogen and oxygen atoms in total. The summed E-state index contributed by atoms with van der Waals surface area (Å²) in [5.41, 5.74) is 8.69. The first kappa shape index (κ1) is 32.9. The monoisotopic (exact) mass is 610 g/mol. The SMILES string of the molecule is CCc1cc(CC)c([S+](c2ccccc2)c2c(CC)cc(CC)cc2CC)c(CC)c1.O=C([O-])C12CC3CC(CC(C3)C1)C2. The third-order valence-corrected chi connectivity index (χ3v) is 13.4. The summed E-state index contributed by atoms with van der Waals surface area (Å²) in [6.45, 7) is 13.9. The van der Waals surface area contributed by atoms with Gasteiger partial charge in [-0.25, -0.2) is 0 Å². The van der Waals surface area contributed by atoms with E-state index in [1.807, 2.05) is 0 Å². The van der Waals surface area contributed by atoms with Gasteiger partial charge in [0.15, 0.2) is 14.7 Å². The Morgan fingerprint density at radius 3 is 1.30 bits per heavy atom. The minimum absolute atomic E-state index is 0.0809. The molecule has 0 saturated heterocycles. The topological polar surface area (TPSA) is 40.1 Å². The summed E-state index contributed by atoms with van der Waals surface area (Å²) < 4.78 is 0. The van der Waals surface area contributed by atoms with Crippen LogP contribution >= 0.6 is 0 Å². The second-order valence-electron chi connectivity index (χ2n) is 13.7. The molecular weight excluding hydrogens is 557 g/mol. The van der Waals surface area contributed by atoms with Crippen molar-refractivity contribution in [2.75, 3.05) is 0 Å². The van der Waals surface area contributed by atoms with Gasteiger partial charge in [-0.15, -0.1) is 0 Å². The van der Waals surface area contributed by atoms with Gasteiger partial charge in [0, 0.05) is 33.6 Å². The van der Waals surface area contributed by atoms with Gasteiger partial charge in [0.2, 0.25) is 0 Å². The van der Waals surface area contributed by atoms with Crippen LogP contribution in [-0.2, 0) is 54.2 Å². The molecule has 3 aromatic carbocycles. The Kier molecular flexibility index (Phi) is 10.7. The number of carbonyl (C=O) groups is 1. The van der Waals surface area contributed by atoms with Crippen LogP contribution in [0.15, 0.2) is 69.3 Å². The van der Waals surface area contributed by atoms with Gasteiger partial charge in [-0.1, -0.05) is 84.0 Å². The van der Waals surface area contributed by atoms with Crippen LogP contribution in [0.25, 0.3) is 0 Å². The summed E-state index contributed by atoms with van der Waals surface area (Å²) in [5, 5.41) is 11.1. The Morgan fingerprint density at radius 1 is 0.636 bits per heavy atom. The highest BCUT2D eigenvalue weighted by Gasteiger charge is 2.51. The fourth-order valence-electron chi connectivity index (χ4n) is 8.89. The van der Waals surface area contributed by atoms with Crippen molar-refractivity contribution in [3.05, 3.63) is 88.0 Å². The summed E-state index contributed by atoms with van der Waals surface area (Å²) in [4.78, 5) is 15.8. The molecule has 0 amide bonds. The Hall–Kier alpha value is -2.52. The number of aryl methyl sites for hydroxylation is 6. The molecule has 0 heterocycles. The maximum Gasteiger partial charge on any atom is 0.172 e. The lowest BCUT2D eigenvalue weighted by molar-refractivity contribution is -0.327. The average molecular weight is 611 g/mol. The first-order valence-electron chi connectivity index (χ1n) is 17.6. The molecular formula is C41H54O2S. The third kappa shape index (κ3) is 6.55. The highest BCUT2D eigenvalue weighted by Crippen LogP contribution is 2.59. The van der Waals surface area contributed by atoms with Crippen LogP contribution in [0.1, 0.15) is 113 Å². The van der Waals surface area contributed by atoms with Gasteiger partial charge in [-0.3, -0.25) is 0 Å². The van der Waals surface area contributed by atoms with E-state index in [0.29, 0.717) is 17.8 Å². The molecule has 44 heavy (non-hydrogen) atoms. The van der Waals surface area contributed by atoms with Gasteiger partial charge in [0.25, 0.3) is 0 Å². The fraction of sp³-hybridized carbons (Fsp3) is 0.537. The summed E-state index contributed by atoms with van der Waals surface area (Å²) in [5.74, 6) is 1.38. The number of carboxylic acids is 1. The first-order chi connectivity index (χ1) is 21.3. The zero-order chi connectivity index (χ0) is 31.4. The first-order valence-corrected chi connectivity index (χ1v) is 18.8. The van der Waals surface area contributed by atoms with Crippen molar-refractivity contribution < 1.29 is 9.90 Å². The van der Waals surface area contributed by atoms with E-state index in [0.717, 1.165) is 57.8 Å². The molecule has 236 valence electrons. The van der Waals surface area contributed by atoms with Crippen LogP contribution in [0.3, 0.4) is 0 Å². The maximum atomic E-state index is 11.1. The van der Waals surface area contributed by atoms with E-state index in [1.165, 1.54) is 57.5 Å². The zero-order valence-corrected chi connectivity index (χ0v) is 29.0. The summed E-state index contributed by atoms with van der Waals surface area (Å²) in [7, 11) is -0.0809. The number of carbonyl (C=O) groups excluding carboxylic acids is 1. The number of benzene rings is 3. The van der Waals surface area contributed by atoms with Gasteiger partial charge in [0.1, 0.15) is 10.9 Å². The van der Waals surface area contributed by atoms with E-state index in [4.69, 9.17) is 0 Å². The van der Waals surface area contributed by atoms with Crippen molar-refractivity contribution in [2.45, 2.75) is 133 Å². The molecule has 0 aromatic heterocycles. The smallest absolute Gasteiger partial charge is 0.172 e. The Bertz CT molecular complexity index is 1290. The molecule has 4 aliphatic carbocycles. The van der Waals surface area contributed by atoms with Crippen molar-refractivity contribution >= 4 is 16.9 Å². The number of aliphatic carboxylic acids is 1. The summed E-state index contributed by atoms with van der Waals surface area (Å²) >= 11 is 0. The number of hydrogen-bond acceptors (Lipinski definition) is 2. The van der Waals surface area contributed by atoms with Crippen LogP contribution in [0, 0.1) is 23.2 Å². The number of hydrogen-bond donors (Lipinski definition) is 0. The van der Waals surface area contributed by atoms with Gasteiger partial charge in [-0.05, 0) is 118 Å². The van der Waals surface area contributed by atoms with Crippen molar-refractivity contribution in [2.24, 2.45) is 23.2 Å². The zero-order valence-electron chi connectivity index (χ0n) is 28.1. The fourth-order valence-corrected chi connectivity index (χ4v) is 11.9. The van der Waals surface area contributed by atoms with Gasteiger partial charge < -0.3 is 9.90 Å². The average Bonchev–Trinajstić information content (AvgIpc) is 3.04. The summed E-state index contributed by atoms with van der Waals surface area (Å²) in [6, 6.07) is 21.2. The van der Waals surface area contributed by atoms with Crippen LogP contribution < -0.4 is 5.11 Å². The lowest BCUT2D eigenvalue weighted by Crippen LogP contribution is -2.54. The molecule has 0 unspecified atom stereocenters. The van der Waals surface area contributed by atoms with Gasteiger partial charge >= 0.3 is 0 Å². The lowest BCUT2D eigenvalue weighted by Gasteiger charge is -2.57. The second kappa shape index (κ2) is 14.3. The normalized spacial score (nSPS) is 23.5. The highest BCUT2D eigenvalue weighted by molar-refractivity contribution is 7.97. The molecule has 7 rings (SSSR count). The standard InChI is InChI=1S/C30H39S.C11H16O2/c1-7-22-18-24(9-3)29(25(10-4)19-22)31(28-16-14-13-15-17-28)30-26(11-5)20-23(8-2)21-27(30)12-6;12-10(13)11-4-7-1-8(5-11)3-9(2-7)6-11/h13-21H,7-12H2,1-6H3;7-9H,1-6H2,(H,12,13)/q+1;/p-1. The molecule has 4 fully saturated rings. The minimum atomic E-state index is -0.758. The Labute approximate surface area is 270 Å². The van der Waals surface area contributed by atoms with E-state index in [2.05, 4.69) is 96.1 Å². The van der Waals surface area contributed by atoms with E-state index in [1.54, 1.807) is 9.79 Å². The van der Waals surface area contributed by atoms with E-state index in [9.17, 15) is 9.90 Å². The van der Waals surface area contributed by atoms with Crippen LogP contribution in [0.2, 0.25) is 0 Å². The van der Waals surface area contributed by atoms with Crippen molar-refractivity contribution in [1.29, 1.82) is 0 Å². The molecule has 0 atom stereocenters. The van der Waals surface area contributed by atoms with Gasteiger partial charge in [-0.2, -0.15) is 0 Å². The Morgan fingerprint density at radius 2 is 1.00 bits per heavy atom. The molecule has 4 aliphatic rings. The minimum Gasteiger partial charge on any atom is -0.550 e. The van der Waals surface area contributed by atoms with Crippen LogP contribution in [0.5, 0.6) is 0 Å². The molecule has 3 heteroatoms. The quantitative estimate of drug-likeness (QED) is 0.215. The molecule has 0 spiro atoms. The van der Waals surface area contributed by atoms with Crippen molar-refractivity contribution in [1.82, 2.24) is 0 Å². The van der Waals surface area contributed by atoms with Gasteiger partial charge in [0.05, 0.1) is 0 Å². The largest absolute Gasteiger partial charge is 0.550 e. The van der Waals surface area contributed by atoms with Crippen LogP contribution in [0.4, 0.5) is 0 Å². The number of rotatable bonds is 10. The predicted molar refractivity (Wildman–Crippen MR) is 183 cm³/mol. The molecule has 0 N–H and O–H groups in total. The van der Waals surface area contributed by atoms with E-state index < -0.39 is 11.4 Å². The van der Waals surface area contributed by atoms with E-state index >= 15 is 0 Å². The highest BCUT2D eigenvalue weighted by atomic mass is 32.2. The molecule has 4 saturated carbocycles. The van der Waals surface area contributed by atoms with E-state index in [-0.39, 0.29) is 10.9 Å². The molecule has 3 aromatic rings. The second-order valence-corrected chi connectivity index (χ2v) is 15.6. The molecule has 0 aliphatic heterocycles. The molecule has 0 radical (unpaired) electrons. The van der Waals surface area contributed by atoms with Crippen LogP contribution in [-0.4, -0.2) is 5.97 Å². The van der Waals surface area contributed by atoms with Crippen molar-refractivity contribution in [3.8, 4) is 0 Å². The third-order valence-electron chi connectivity index (χ3n) is 10.8. The summed E-state index contributed by atoms with van der Waals surface area (Å²) in [6.07, 6.45) is 13.2. The lowest BCUT2D eigenvalue weighted by atomic mass is 9.49. The Balaban J connectivity index is 0.000000242. The maximum absolute atomic E-state index is 11.1. The molecule has 4 bridgehead atoms. The number of carboxylic acid groups (broad SMARTS) is 1. The predicted octanol–water partition coefficient (Wildman–Crippen LogP) is 9.11.